The van der Waals surface area contributed by atoms with Gasteiger partial charge in [0.1, 0.15) is 0 Å². The molecule has 14 heteroatoms. The molecule has 0 aliphatic rings. The lowest BCUT2D eigenvalue weighted by Gasteiger charge is -2.45. The summed E-state index contributed by atoms with van der Waals surface area (Å²) >= 11 is -1.76. The van der Waals surface area contributed by atoms with Crippen LogP contribution in [0.5, 0.6) is 0 Å². The fourth-order valence-electron chi connectivity index (χ4n) is 1.10. The Morgan fingerprint density at radius 2 is 0.450 bits per heavy atom. The second-order valence-corrected chi connectivity index (χ2v) is 6.54. The smallest absolute Gasteiger partial charge is 0.169 e. The summed E-state index contributed by atoms with van der Waals surface area (Å²) in [5, 5.41) is 0. The van der Waals surface area contributed by atoms with E-state index < -0.39 is 76.7 Å². The zero-order valence-corrected chi connectivity index (χ0v) is 12.6. The number of hydrogen-bond donors (Lipinski definition) is 0. The first-order valence-corrected chi connectivity index (χ1v) is 6.05. The summed E-state index contributed by atoms with van der Waals surface area (Å²) in [5.41, 5.74) is 0. The quantitative estimate of drug-likeness (QED) is 0.226. The van der Waals surface area contributed by atoms with Crippen molar-refractivity contribution in [3.05, 3.63) is 0 Å². The van der Waals surface area contributed by atoms with Gasteiger partial charge in [0.25, 0.3) is 0 Å². The molecule has 0 fully saturated rings. The molecule has 0 saturated heterocycles. The van der Waals surface area contributed by atoms with Gasteiger partial charge in [0.2, 0.25) is 6.84 Å². The molecule has 0 saturated carbocycles. The molecule has 0 aromatic rings. The van der Waals surface area contributed by atoms with Gasteiger partial charge in [-0.3, -0.25) is 0 Å². The van der Waals surface area contributed by atoms with Crippen LogP contribution in [0.15, 0.2) is 0 Å². The molecule has 0 bridgehead atoms. The lowest BCUT2D eigenvalue weighted by Crippen LogP contribution is -2.74. The van der Waals surface area contributed by atoms with Gasteiger partial charge in [0, 0.05) is 0 Å². The fourth-order valence-corrected chi connectivity index (χ4v) is 2.33. The average Bonchev–Trinajstić information content (AvgIpc) is 2.07. The molecule has 0 aromatic heterocycles. The summed E-state index contributed by atoms with van der Waals surface area (Å²) in [4.78, 5) is 0. The second-order valence-electron chi connectivity index (χ2n) is 3.31. The highest BCUT2D eigenvalue weighted by molar-refractivity contribution is 14.1. The van der Waals surface area contributed by atoms with Crippen LogP contribution in [0.1, 0.15) is 0 Å². The zero-order valence-electron chi connectivity index (χ0n) is 8.29. The van der Waals surface area contributed by atoms with E-state index in [0.717, 1.165) is 0 Å². The number of hydrogen-bond acceptors (Lipinski definition) is 0. The van der Waals surface area contributed by atoms with E-state index in [4.69, 9.17) is 0 Å². The van der Waals surface area contributed by atoms with Crippen LogP contribution in [0.2, 0.25) is 0 Å². The van der Waals surface area contributed by atoms with Crippen LogP contribution in [-0.2, 0) is 0 Å². The maximum Gasteiger partial charge on any atom is 0.414 e. The van der Waals surface area contributed by atoms with Crippen LogP contribution in [-0.4, -0.2) is 31.5 Å². The monoisotopic (exact) mass is 554 g/mol. The minimum atomic E-state index is -6.85. The molecule has 122 valence electrons. The topological polar surface area (TPSA) is 0 Å². The molecule has 0 aliphatic carbocycles. The van der Waals surface area contributed by atoms with Gasteiger partial charge in [-0.25, -0.2) is 0 Å². The summed E-state index contributed by atoms with van der Waals surface area (Å²) in [5.74, 6) is 0. The zero-order chi connectivity index (χ0) is 17.0. The Labute approximate surface area is 129 Å². The van der Waals surface area contributed by atoms with E-state index in [-0.39, 0.29) is 0 Å². The molecule has 0 rings (SSSR count). The molecule has 0 heterocycles. The predicted octanol–water partition coefficient (Wildman–Crippen LogP) is 5.58. The molecule has 0 spiro atoms. The molecule has 0 N–H and O–H groups in total. The molecule has 0 amide bonds. The van der Waals surface area contributed by atoms with Crippen molar-refractivity contribution >= 4 is 45.2 Å². The summed E-state index contributed by atoms with van der Waals surface area (Å²) in [7, 11) is 0. The fraction of sp³-hybridized carbons (Fsp3) is 1.00. The number of alkyl halides is 14. The van der Waals surface area contributed by atoms with Crippen LogP contribution >= 0.6 is 45.2 Å². The lowest BCUT2D eigenvalue weighted by atomic mass is 9.89. The van der Waals surface area contributed by atoms with Gasteiger partial charge >= 0.3 is 24.7 Å². The molecule has 0 radical (unpaired) electrons. The highest BCUT2D eigenvalue weighted by Crippen LogP contribution is 2.68. The van der Waals surface area contributed by atoms with Crippen LogP contribution < -0.4 is 0 Å². The minimum absolute atomic E-state index is 0.880. The van der Waals surface area contributed by atoms with Gasteiger partial charge in [0.05, 0.1) is 0 Å². The van der Waals surface area contributed by atoms with Crippen molar-refractivity contribution < 1.29 is 52.7 Å². The summed E-state index contributed by atoms with van der Waals surface area (Å²) in [6.07, 6.45) is -27.4. The summed E-state index contributed by atoms with van der Waals surface area (Å²) in [6.45, 7) is 0. The summed E-state index contributed by atoms with van der Waals surface area (Å²) < 4.78 is 137. The van der Waals surface area contributed by atoms with Crippen molar-refractivity contribution in [1.82, 2.24) is 0 Å². The molecular formula is C6F12I2. The van der Waals surface area contributed by atoms with Crippen LogP contribution in [0.3, 0.4) is 0 Å². The van der Waals surface area contributed by atoms with Crippen molar-refractivity contribution in [2.24, 2.45) is 0 Å². The van der Waals surface area contributed by atoms with Crippen molar-refractivity contribution in [1.29, 1.82) is 0 Å². The lowest BCUT2D eigenvalue weighted by molar-refractivity contribution is -0.339. The SMILES string of the molecule is FC(F)(F)C(I)(C(F)(F)F)C(I)(C(F)(F)F)C(F)(F)F. The summed E-state index contributed by atoms with van der Waals surface area (Å²) in [6, 6.07) is 0. The Hall–Kier alpha value is 0.620. The maximum atomic E-state index is 12.4. The van der Waals surface area contributed by atoms with Gasteiger partial charge in [-0.1, -0.05) is 45.2 Å². The van der Waals surface area contributed by atoms with E-state index in [1.807, 2.05) is 0 Å². The Morgan fingerprint density at radius 1 is 0.350 bits per heavy atom. The normalized spacial score (nSPS) is 16.5. The van der Waals surface area contributed by atoms with E-state index in [0.29, 0.717) is 0 Å². The Morgan fingerprint density at radius 3 is 0.500 bits per heavy atom. The van der Waals surface area contributed by atoms with Crippen molar-refractivity contribution in [3.8, 4) is 0 Å². The largest absolute Gasteiger partial charge is 0.414 e. The van der Waals surface area contributed by atoms with E-state index >= 15 is 0 Å². The number of rotatable bonds is 1. The average molecular weight is 554 g/mol. The van der Waals surface area contributed by atoms with Gasteiger partial charge in [-0.2, -0.15) is 52.7 Å². The third-order valence-electron chi connectivity index (χ3n) is 2.04. The first kappa shape index (κ1) is 20.6. The van der Waals surface area contributed by atoms with E-state index in [2.05, 4.69) is 0 Å². The third kappa shape index (κ3) is 2.78. The molecule has 0 nitrogen and oxygen atoms in total. The van der Waals surface area contributed by atoms with Crippen molar-refractivity contribution in [3.63, 3.8) is 0 Å². The van der Waals surface area contributed by atoms with Crippen LogP contribution in [0, 0.1) is 0 Å². The van der Waals surface area contributed by atoms with E-state index in [9.17, 15) is 52.7 Å². The van der Waals surface area contributed by atoms with E-state index in [1.165, 1.54) is 0 Å². The standard InChI is InChI=1S/C6F12I2/c7-3(8,9)1(19,4(10,11)12)2(20,5(13,14)15)6(16,17)18. The van der Waals surface area contributed by atoms with Crippen molar-refractivity contribution in [2.45, 2.75) is 31.5 Å². The van der Waals surface area contributed by atoms with Crippen LogP contribution in [0.4, 0.5) is 52.7 Å². The Balaban J connectivity index is 6.71. The van der Waals surface area contributed by atoms with Crippen molar-refractivity contribution in [2.75, 3.05) is 0 Å². The highest BCUT2D eigenvalue weighted by atomic mass is 127. The third-order valence-corrected chi connectivity index (χ3v) is 7.13. The molecule has 0 aliphatic heterocycles. The first-order valence-electron chi connectivity index (χ1n) is 3.90. The Kier molecular flexibility index (Phi) is 5.23. The van der Waals surface area contributed by atoms with E-state index in [1.54, 1.807) is 0 Å². The van der Waals surface area contributed by atoms with Crippen LogP contribution in [0.25, 0.3) is 0 Å². The maximum absolute atomic E-state index is 12.4. The van der Waals surface area contributed by atoms with Gasteiger partial charge in [-0.15, -0.1) is 0 Å². The Bertz CT molecular complexity index is 292. The minimum Gasteiger partial charge on any atom is -0.169 e. The highest BCUT2D eigenvalue weighted by Gasteiger charge is 2.91. The number of halogens is 14. The van der Waals surface area contributed by atoms with Gasteiger partial charge in [0.15, 0.2) is 0 Å². The molecule has 20 heavy (non-hydrogen) atoms. The predicted molar refractivity (Wildman–Crippen MR) is 57.7 cm³/mol. The van der Waals surface area contributed by atoms with Gasteiger partial charge in [-0.05, 0) is 0 Å². The molecule has 0 atom stereocenters. The van der Waals surface area contributed by atoms with Gasteiger partial charge < -0.3 is 0 Å². The first-order chi connectivity index (χ1) is 8.25. The second kappa shape index (κ2) is 5.07. The molecular weight excluding hydrogens is 554 g/mol. The molecule has 0 unspecified atom stereocenters. The molecule has 0 aromatic carbocycles.